The van der Waals surface area contributed by atoms with Crippen molar-refractivity contribution in [3.8, 4) is 0 Å². The molecule has 0 amide bonds. The Hall–Kier alpha value is -0.970. The summed E-state index contributed by atoms with van der Waals surface area (Å²) in [7, 11) is 3.49. The molecule has 0 saturated heterocycles. The van der Waals surface area contributed by atoms with Gasteiger partial charge in [0, 0.05) is 7.11 Å². The summed E-state index contributed by atoms with van der Waals surface area (Å²) in [4.78, 5) is 0. The van der Waals surface area contributed by atoms with Crippen molar-refractivity contribution in [1.29, 1.82) is 0 Å². The molecular formula is C12H18FNO2. The molecule has 0 aliphatic rings. The minimum Gasteiger partial charge on any atom is -0.382 e. The topological polar surface area (TPSA) is 30.5 Å². The summed E-state index contributed by atoms with van der Waals surface area (Å²) in [5, 5.41) is 3.13. The summed E-state index contributed by atoms with van der Waals surface area (Å²) < 4.78 is 23.1. The molecule has 0 fully saturated rings. The molecule has 0 bridgehead atoms. The molecule has 3 nitrogen and oxygen atoms in total. The fourth-order valence-electron chi connectivity index (χ4n) is 1.38. The molecule has 0 spiro atoms. The SMILES string of the molecule is CNC(COCCOC)c1ccc(F)cc1. The van der Waals surface area contributed by atoms with E-state index < -0.39 is 0 Å². The number of likely N-dealkylation sites (N-methyl/N-ethyl adjacent to an activating group) is 1. The average molecular weight is 227 g/mol. The zero-order chi connectivity index (χ0) is 11.8. The van der Waals surface area contributed by atoms with Crippen LogP contribution in [0, 0.1) is 5.82 Å². The maximum atomic E-state index is 12.7. The van der Waals surface area contributed by atoms with E-state index in [0.29, 0.717) is 19.8 Å². The Morgan fingerprint density at radius 2 is 1.94 bits per heavy atom. The van der Waals surface area contributed by atoms with Crippen LogP contribution in [-0.2, 0) is 9.47 Å². The van der Waals surface area contributed by atoms with Crippen molar-refractivity contribution in [1.82, 2.24) is 5.32 Å². The predicted octanol–water partition coefficient (Wildman–Crippen LogP) is 1.75. The molecule has 1 aromatic carbocycles. The molecule has 1 atom stereocenters. The first kappa shape index (κ1) is 13.1. The number of benzene rings is 1. The molecule has 4 heteroatoms. The smallest absolute Gasteiger partial charge is 0.123 e. The molecule has 1 rings (SSSR count). The Balaban J connectivity index is 2.44. The number of rotatable bonds is 7. The quantitative estimate of drug-likeness (QED) is 0.720. The van der Waals surface area contributed by atoms with Gasteiger partial charge in [0.15, 0.2) is 0 Å². The Bertz CT molecular complexity index is 290. The first-order valence-corrected chi connectivity index (χ1v) is 5.27. The summed E-state index contributed by atoms with van der Waals surface area (Å²) >= 11 is 0. The van der Waals surface area contributed by atoms with E-state index in [1.165, 1.54) is 12.1 Å². The van der Waals surface area contributed by atoms with Crippen LogP contribution in [0.15, 0.2) is 24.3 Å². The van der Waals surface area contributed by atoms with Gasteiger partial charge in [-0.3, -0.25) is 0 Å². The summed E-state index contributed by atoms with van der Waals surface area (Å²) in [6.45, 7) is 1.70. The highest BCUT2D eigenvalue weighted by atomic mass is 19.1. The van der Waals surface area contributed by atoms with E-state index in [0.717, 1.165) is 5.56 Å². The van der Waals surface area contributed by atoms with Gasteiger partial charge in [-0.25, -0.2) is 4.39 Å². The van der Waals surface area contributed by atoms with Crippen LogP contribution >= 0.6 is 0 Å². The van der Waals surface area contributed by atoms with Crippen LogP contribution in [0.5, 0.6) is 0 Å². The molecular weight excluding hydrogens is 209 g/mol. The molecule has 0 heterocycles. The zero-order valence-corrected chi connectivity index (χ0v) is 9.70. The van der Waals surface area contributed by atoms with Crippen molar-refractivity contribution < 1.29 is 13.9 Å². The van der Waals surface area contributed by atoms with E-state index >= 15 is 0 Å². The molecule has 0 aromatic heterocycles. The van der Waals surface area contributed by atoms with Crippen LogP contribution < -0.4 is 5.32 Å². The van der Waals surface area contributed by atoms with Gasteiger partial charge in [0.25, 0.3) is 0 Å². The van der Waals surface area contributed by atoms with Crippen molar-refractivity contribution in [3.63, 3.8) is 0 Å². The molecule has 0 aliphatic carbocycles. The molecule has 0 radical (unpaired) electrons. The zero-order valence-electron chi connectivity index (χ0n) is 9.70. The summed E-state index contributed by atoms with van der Waals surface area (Å²) in [6.07, 6.45) is 0. The van der Waals surface area contributed by atoms with Crippen molar-refractivity contribution in [3.05, 3.63) is 35.6 Å². The number of ether oxygens (including phenoxy) is 2. The van der Waals surface area contributed by atoms with E-state index in [1.54, 1.807) is 19.2 Å². The minimum absolute atomic E-state index is 0.0810. The predicted molar refractivity (Wildman–Crippen MR) is 60.9 cm³/mol. The molecule has 1 unspecified atom stereocenters. The second-order valence-corrected chi connectivity index (χ2v) is 3.46. The van der Waals surface area contributed by atoms with Crippen LogP contribution in [0.3, 0.4) is 0 Å². The second-order valence-electron chi connectivity index (χ2n) is 3.46. The van der Waals surface area contributed by atoms with Gasteiger partial charge in [0.2, 0.25) is 0 Å². The normalized spacial score (nSPS) is 12.7. The Morgan fingerprint density at radius 1 is 1.25 bits per heavy atom. The van der Waals surface area contributed by atoms with Gasteiger partial charge in [0.05, 0.1) is 25.9 Å². The maximum Gasteiger partial charge on any atom is 0.123 e. The van der Waals surface area contributed by atoms with Crippen molar-refractivity contribution in [2.75, 3.05) is 34.0 Å². The number of nitrogens with one attached hydrogen (secondary N) is 1. The molecule has 90 valence electrons. The molecule has 0 aliphatic heterocycles. The van der Waals surface area contributed by atoms with Gasteiger partial charge >= 0.3 is 0 Å². The lowest BCUT2D eigenvalue weighted by atomic mass is 10.1. The molecule has 1 N–H and O–H groups in total. The number of methoxy groups -OCH3 is 1. The van der Waals surface area contributed by atoms with E-state index in [1.807, 2.05) is 7.05 Å². The largest absolute Gasteiger partial charge is 0.382 e. The van der Waals surface area contributed by atoms with Gasteiger partial charge < -0.3 is 14.8 Å². The Kier molecular flexibility index (Phi) is 6.00. The third-order valence-electron chi connectivity index (χ3n) is 2.34. The average Bonchev–Trinajstić information content (AvgIpc) is 2.31. The van der Waals surface area contributed by atoms with Crippen molar-refractivity contribution >= 4 is 0 Å². The lowest BCUT2D eigenvalue weighted by Crippen LogP contribution is -2.22. The molecule has 0 saturated carbocycles. The summed E-state index contributed by atoms with van der Waals surface area (Å²) in [5.41, 5.74) is 1.02. The summed E-state index contributed by atoms with van der Waals surface area (Å²) in [6, 6.07) is 6.51. The van der Waals surface area contributed by atoms with E-state index in [-0.39, 0.29) is 11.9 Å². The number of hydrogen-bond donors (Lipinski definition) is 1. The molecule has 16 heavy (non-hydrogen) atoms. The first-order valence-electron chi connectivity index (χ1n) is 5.27. The third kappa shape index (κ3) is 4.26. The van der Waals surface area contributed by atoms with Crippen LogP contribution in [-0.4, -0.2) is 34.0 Å². The Morgan fingerprint density at radius 3 is 2.50 bits per heavy atom. The fraction of sp³-hybridized carbons (Fsp3) is 0.500. The van der Waals surface area contributed by atoms with E-state index in [2.05, 4.69) is 5.32 Å². The van der Waals surface area contributed by atoms with Gasteiger partial charge in [-0.15, -0.1) is 0 Å². The number of hydrogen-bond acceptors (Lipinski definition) is 3. The highest BCUT2D eigenvalue weighted by Crippen LogP contribution is 2.13. The minimum atomic E-state index is -0.223. The van der Waals surface area contributed by atoms with E-state index in [4.69, 9.17) is 9.47 Å². The lowest BCUT2D eigenvalue weighted by molar-refractivity contribution is 0.0596. The van der Waals surface area contributed by atoms with Crippen molar-refractivity contribution in [2.45, 2.75) is 6.04 Å². The van der Waals surface area contributed by atoms with Gasteiger partial charge in [0.1, 0.15) is 5.82 Å². The molecule has 1 aromatic rings. The second kappa shape index (κ2) is 7.33. The number of halogens is 1. The standard InChI is InChI=1S/C12H18FNO2/c1-14-12(9-16-8-7-15-2)10-3-5-11(13)6-4-10/h3-6,12,14H,7-9H2,1-2H3. The highest BCUT2D eigenvalue weighted by molar-refractivity contribution is 5.19. The monoisotopic (exact) mass is 227 g/mol. The Labute approximate surface area is 95.6 Å². The van der Waals surface area contributed by atoms with E-state index in [9.17, 15) is 4.39 Å². The van der Waals surface area contributed by atoms with Gasteiger partial charge in [-0.2, -0.15) is 0 Å². The first-order chi connectivity index (χ1) is 7.77. The van der Waals surface area contributed by atoms with Crippen molar-refractivity contribution in [2.24, 2.45) is 0 Å². The summed E-state index contributed by atoms with van der Waals surface area (Å²) in [5.74, 6) is -0.223. The third-order valence-corrected chi connectivity index (χ3v) is 2.34. The van der Waals surface area contributed by atoms with Gasteiger partial charge in [-0.05, 0) is 24.7 Å². The van der Waals surface area contributed by atoms with Crippen LogP contribution in [0.2, 0.25) is 0 Å². The van der Waals surface area contributed by atoms with Gasteiger partial charge in [-0.1, -0.05) is 12.1 Å². The van der Waals surface area contributed by atoms with Crippen LogP contribution in [0.4, 0.5) is 4.39 Å². The van der Waals surface area contributed by atoms with Crippen LogP contribution in [0.1, 0.15) is 11.6 Å². The lowest BCUT2D eigenvalue weighted by Gasteiger charge is -2.16. The highest BCUT2D eigenvalue weighted by Gasteiger charge is 2.08. The fourth-order valence-corrected chi connectivity index (χ4v) is 1.38. The van der Waals surface area contributed by atoms with Crippen LogP contribution in [0.25, 0.3) is 0 Å². The maximum absolute atomic E-state index is 12.7.